The SMILES string of the molecule is COCCNC(=O)C(C)NCC1(O)CCC(C(=O)O)CC1. The number of aliphatic carboxylic acids is 1. The molecule has 0 saturated heterocycles. The van der Waals surface area contributed by atoms with Gasteiger partial charge in [-0.25, -0.2) is 0 Å². The molecule has 0 aromatic rings. The van der Waals surface area contributed by atoms with Gasteiger partial charge in [-0.1, -0.05) is 0 Å². The van der Waals surface area contributed by atoms with Crippen LogP contribution < -0.4 is 10.6 Å². The second-order valence-electron chi connectivity index (χ2n) is 5.72. The monoisotopic (exact) mass is 302 g/mol. The summed E-state index contributed by atoms with van der Waals surface area (Å²) in [7, 11) is 1.57. The van der Waals surface area contributed by atoms with Gasteiger partial charge in [0.2, 0.25) is 5.91 Å². The zero-order chi connectivity index (χ0) is 15.9. The van der Waals surface area contributed by atoms with Gasteiger partial charge in [0.15, 0.2) is 0 Å². The summed E-state index contributed by atoms with van der Waals surface area (Å²) in [6, 6.07) is -0.414. The molecule has 1 fully saturated rings. The molecule has 0 aromatic carbocycles. The van der Waals surface area contributed by atoms with Gasteiger partial charge in [-0.3, -0.25) is 9.59 Å². The molecular weight excluding hydrogens is 276 g/mol. The standard InChI is InChI=1S/C14H26N2O5/c1-10(12(17)15-7-8-21-2)16-9-14(20)5-3-11(4-6-14)13(18)19/h10-11,16,20H,3-9H2,1-2H3,(H,15,17)(H,18,19). The normalized spacial score (nSPS) is 27.1. The Morgan fingerprint density at radius 1 is 1.38 bits per heavy atom. The number of ether oxygens (including phenoxy) is 1. The molecule has 1 rings (SSSR count). The predicted molar refractivity (Wildman–Crippen MR) is 76.9 cm³/mol. The van der Waals surface area contributed by atoms with Crippen LogP contribution >= 0.6 is 0 Å². The number of carbonyl (C=O) groups excluding carboxylic acids is 1. The number of nitrogens with one attached hydrogen (secondary N) is 2. The molecule has 1 aliphatic carbocycles. The third kappa shape index (κ3) is 5.99. The van der Waals surface area contributed by atoms with Crippen LogP contribution in [-0.2, 0) is 14.3 Å². The van der Waals surface area contributed by atoms with Crippen molar-refractivity contribution in [2.24, 2.45) is 5.92 Å². The van der Waals surface area contributed by atoms with Crippen LogP contribution in [0.2, 0.25) is 0 Å². The maximum absolute atomic E-state index is 11.7. The van der Waals surface area contributed by atoms with Crippen molar-refractivity contribution in [2.75, 3.05) is 26.8 Å². The fourth-order valence-electron chi connectivity index (χ4n) is 2.44. The Kier molecular flexibility index (Phi) is 7.07. The minimum Gasteiger partial charge on any atom is -0.481 e. The van der Waals surface area contributed by atoms with E-state index in [1.807, 2.05) is 0 Å². The van der Waals surface area contributed by atoms with Crippen molar-refractivity contribution in [3.63, 3.8) is 0 Å². The number of methoxy groups -OCH3 is 1. The summed E-state index contributed by atoms with van der Waals surface area (Å²) in [6.45, 7) is 2.93. The molecule has 1 atom stereocenters. The van der Waals surface area contributed by atoms with E-state index in [2.05, 4.69) is 10.6 Å². The van der Waals surface area contributed by atoms with E-state index in [-0.39, 0.29) is 18.4 Å². The van der Waals surface area contributed by atoms with E-state index in [0.717, 1.165) is 0 Å². The van der Waals surface area contributed by atoms with Crippen LogP contribution in [0, 0.1) is 5.92 Å². The summed E-state index contributed by atoms with van der Waals surface area (Å²) in [6.07, 6.45) is 1.83. The van der Waals surface area contributed by atoms with Crippen molar-refractivity contribution < 1.29 is 24.5 Å². The first-order valence-corrected chi connectivity index (χ1v) is 7.33. The lowest BCUT2D eigenvalue weighted by atomic mass is 9.78. The molecule has 1 unspecified atom stereocenters. The lowest BCUT2D eigenvalue weighted by Crippen LogP contribution is -2.50. The van der Waals surface area contributed by atoms with Gasteiger partial charge in [0.25, 0.3) is 0 Å². The van der Waals surface area contributed by atoms with Gasteiger partial charge >= 0.3 is 5.97 Å². The molecule has 0 heterocycles. The van der Waals surface area contributed by atoms with Crippen LogP contribution in [0.1, 0.15) is 32.6 Å². The summed E-state index contributed by atoms with van der Waals surface area (Å²) in [5.41, 5.74) is -0.924. The van der Waals surface area contributed by atoms with Gasteiger partial charge in [0.1, 0.15) is 0 Å². The minimum atomic E-state index is -0.924. The van der Waals surface area contributed by atoms with Gasteiger partial charge < -0.3 is 25.6 Å². The third-order valence-electron chi connectivity index (χ3n) is 4.00. The number of carbonyl (C=O) groups is 2. The van der Waals surface area contributed by atoms with Crippen LogP contribution in [-0.4, -0.2) is 60.5 Å². The lowest BCUT2D eigenvalue weighted by Gasteiger charge is -2.35. The quantitative estimate of drug-likeness (QED) is 0.460. The molecule has 7 nitrogen and oxygen atoms in total. The molecule has 21 heavy (non-hydrogen) atoms. The van der Waals surface area contributed by atoms with Crippen molar-refractivity contribution in [1.82, 2.24) is 10.6 Å². The fraction of sp³-hybridized carbons (Fsp3) is 0.857. The topological polar surface area (TPSA) is 108 Å². The van der Waals surface area contributed by atoms with Gasteiger partial charge in [0.05, 0.1) is 24.2 Å². The maximum Gasteiger partial charge on any atom is 0.306 e. The molecule has 1 amide bonds. The Morgan fingerprint density at radius 3 is 2.52 bits per heavy atom. The van der Waals surface area contributed by atoms with Crippen molar-refractivity contribution in [1.29, 1.82) is 0 Å². The second kappa shape index (κ2) is 8.31. The van der Waals surface area contributed by atoms with Gasteiger partial charge in [0, 0.05) is 20.2 Å². The summed E-state index contributed by atoms with van der Waals surface area (Å²) in [5, 5.41) is 25.1. The Bertz CT molecular complexity index is 353. The van der Waals surface area contributed by atoms with E-state index in [0.29, 0.717) is 38.8 Å². The molecule has 7 heteroatoms. The Labute approximate surface area is 125 Å². The maximum atomic E-state index is 11.7. The summed E-state index contributed by atoms with van der Waals surface area (Å²) in [5.74, 6) is -1.30. The zero-order valence-electron chi connectivity index (χ0n) is 12.7. The molecule has 1 saturated carbocycles. The summed E-state index contributed by atoms with van der Waals surface area (Å²) >= 11 is 0. The number of amides is 1. The van der Waals surface area contributed by atoms with E-state index in [1.165, 1.54) is 0 Å². The van der Waals surface area contributed by atoms with Crippen molar-refractivity contribution in [2.45, 2.75) is 44.2 Å². The number of carboxylic acid groups (broad SMARTS) is 1. The van der Waals surface area contributed by atoms with Crippen LogP contribution in [0.5, 0.6) is 0 Å². The van der Waals surface area contributed by atoms with E-state index in [9.17, 15) is 14.7 Å². The molecule has 122 valence electrons. The smallest absolute Gasteiger partial charge is 0.306 e. The van der Waals surface area contributed by atoms with E-state index < -0.39 is 17.6 Å². The first kappa shape index (κ1) is 17.9. The van der Waals surface area contributed by atoms with Crippen LogP contribution in [0.3, 0.4) is 0 Å². The third-order valence-corrected chi connectivity index (χ3v) is 4.00. The van der Waals surface area contributed by atoms with Gasteiger partial charge in [-0.2, -0.15) is 0 Å². The van der Waals surface area contributed by atoms with E-state index in [1.54, 1.807) is 14.0 Å². The largest absolute Gasteiger partial charge is 0.481 e. The first-order chi connectivity index (χ1) is 9.88. The van der Waals surface area contributed by atoms with Gasteiger partial charge in [-0.15, -0.1) is 0 Å². The molecular formula is C14H26N2O5. The fourth-order valence-corrected chi connectivity index (χ4v) is 2.44. The van der Waals surface area contributed by atoms with Crippen LogP contribution in [0.25, 0.3) is 0 Å². The van der Waals surface area contributed by atoms with Crippen LogP contribution in [0.4, 0.5) is 0 Å². The summed E-state index contributed by atoms with van der Waals surface area (Å²) < 4.78 is 4.85. The Balaban J connectivity index is 2.30. The Morgan fingerprint density at radius 2 is 2.00 bits per heavy atom. The van der Waals surface area contributed by atoms with E-state index >= 15 is 0 Å². The Hall–Kier alpha value is -1.18. The minimum absolute atomic E-state index is 0.144. The molecule has 1 aliphatic rings. The molecule has 0 bridgehead atoms. The number of hydrogen-bond acceptors (Lipinski definition) is 5. The lowest BCUT2D eigenvalue weighted by molar-refractivity contribution is -0.144. The molecule has 0 aromatic heterocycles. The highest BCUT2D eigenvalue weighted by molar-refractivity contribution is 5.81. The number of rotatable bonds is 8. The first-order valence-electron chi connectivity index (χ1n) is 7.33. The van der Waals surface area contributed by atoms with Crippen molar-refractivity contribution in [3.8, 4) is 0 Å². The number of hydrogen-bond donors (Lipinski definition) is 4. The predicted octanol–water partition coefficient (Wildman–Crippen LogP) is -0.267. The van der Waals surface area contributed by atoms with E-state index in [4.69, 9.17) is 9.84 Å². The van der Waals surface area contributed by atoms with Crippen molar-refractivity contribution in [3.05, 3.63) is 0 Å². The highest BCUT2D eigenvalue weighted by Crippen LogP contribution is 2.31. The average Bonchev–Trinajstić information content (AvgIpc) is 2.45. The molecule has 0 radical (unpaired) electrons. The zero-order valence-corrected chi connectivity index (χ0v) is 12.7. The molecule has 0 aliphatic heterocycles. The van der Waals surface area contributed by atoms with Gasteiger partial charge in [-0.05, 0) is 32.6 Å². The molecule has 4 N–H and O–H groups in total. The van der Waals surface area contributed by atoms with Crippen molar-refractivity contribution >= 4 is 11.9 Å². The highest BCUT2D eigenvalue weighted by Gasteiger charge is 2.36. The average molecular weight is 302 g/mol. The second-order valence-corrected chi connectivity index (χ2v) is 5.72. The highest BCUT2D eigenvalue weighted by atomic mass is 16.5. The molecule has 0 spiro atoms. The van der Waals surface area contributed by atoms with Crippen LogP contribution in [0.15, 0.2) is 0 Å². The number of carboxylic acids is 1. The summed E-state index contributed by atoms with van der Waals surface area (Å²) in [4.78, 5) is 22.6. The number of aliphatic hydroxyl groups is 1.